The standard InChI is InChI=1S/C19H18N4O/c1-3-11-20-19(24)15-7-5-6-8-17(15)21-13-9-10-14-16(4-2)22-23-18(14)12-13/h1,5-10,12,21H,4,11H2,2H3,(H,20,24)(H,22,23). The molecule has 2 aromatic carbocycles. The molecule has 0 unspecified atom stereocenters. The van der Waals surface area contributed by atoms with Crippen molar-refractivity contribution in [2.45, 2.75) is 13.3 Å². The molecule has 5 heteroatoms. The van der Waals surface area contributed by atoms with Crippen LogP contribution < -0.4 is 10.6 Å². The van der Waals surface area contributed by atoms with Crippen molar-refractivity contribution in [2.75, 3.05) is 11.9 Å². The van der Waals surface area contributed by atoms with E-state index in [1.54, 1.807) is 6.07 Å². The second-order valence-corrected chi connectivity index (χ2v) is 5.35. The van der Waals surface area contributed by atoms with Gasteiger partial charge in [-0.3, -0.25) is 9.89 Å². The van der Waals surface area contributed by atoms with E-state index in [4.69, 9.17) is 6.42 Å². The number of rotatable bonds is 5. The molecule has 0 radical (unpaired) electrons. The zero-order valence-corrected chi connectivity index (χ0v) is 13.4. The Morgan fingerprint density at radius 3 is 2.92 bits per heavy atom. The van der Waals surface area contributed by atoms with Gasteiger partial charge in [-0.2, -0.15) is 5.10 Å². The maximum absolute atomic E-state index is 12.2. The Kier molecular flexibility index (Phi) is 4.48. The van der Waals surface area contributed by atoms with Crippen LogP contribution in [-0.2, 0) is 6.42 Å². The number of aromatic nitrogens is 2. The van der Waals surface area contributed by atoms with Gasteiger partial charge < -0.3 is 10.6 Å². The third-order valence-electron chi connectivity index (χ3n) is 3.79. The van der Waals surface area contributed by atoms with Gasteiger partial charge in [-0.1, -0.05) is 25.0 Å². The lowest BCUT2D eigenvalue weighted by atomic mass is 10.1. The number of H-pyrrole nitrogens is 1. The minimum Gasteiger partial charge on any atom is -0.355 e. The molecule has 24 heavy (non-hydrogen) atoms. The van der Waals surface area contributed by atoms with E-state index < -0.39 is 0 Å². The fourth-order valence-corrected chi connectivity index (χ4v) is 2.59. The lowest BCUT2D eigenvalue weighted by Crippen LogP contribution is -2.24. The SMILES string of the molecule is C#CCNC(=O)c1ccccc1Nc1ccc2c(CC)[nH]nc2c1. The normalized spacial score (nSPS) is 10.3. The van der Waals surface area contributed by atoms with Crippen molar-refractivity contribution < 1.29 is 4.79 Å². The van der Waals surface area contributed by atoms with Crippen LogP contribution in [0.25, 0.3) is 10.9 Å². The van der Waals surface area contributed by atoms with Crippen LogP contribution in [-0.4, -0.2) is 22.6 Å². The fraction of sp³-hybridized carbons (Fsp3) is 0.158. The number of para-hydroxylation sites is 1. The van der Waals surface area contributed by atoms with E-state index in [0.717, 1.165) is 34.4 Å². The number of nitrogens with one attached hydrogen (secondary N) is 3. The number of aryl methyl sites for hydroxylation is 1. The average Bonchev–Trinajstić information content (AvgIpc) is 3.02. The molecule has 0 saturated carbocycles. The molecule has 0 fully saturated rings. The van der Waals surface area contributed by atoms with Gasteiger partial charge in [-0.15, -0.1) is 6.42 Å². The van der Waals surface area contributed by atoms with Gasteiger partial charge in [0.2, 0.25) is 0 Å². The Morgan fingerprint density at radius 2 is 2.12 bits per heavy atom. The molecule has 0 aliphatic heterocycles. The van der Waals surface area contributed by atoms with Crippen LogP contribution in [0.4, 0.5) is 11.4 Å². The van der Waals surface area contributed by atoms with Crippen molar-refractivity contribution in [2.24, 2.45) is 0 Å². The summed E-state index contributed by atoms with van der Waals surface area (Å²) >= 11 is 0. The van der Waals surface area contributed by atoms with Crippen molar-refractivity contribution >= 4 is 28.2 Å². The van der Waals surface area contributed by atoms with Gasteiger partial charge in [0.1, 0.15) is 0 Å². The van der Waals surface area contributed by atoms with Crippen LogP contribution in [0.1, 0.15) is 23.0 Å². The van der Waals surface area contributed by atoms with Crippen molar-refractivity contribution in [3.8, 4) is 12.3 Å². The number of hydrogen-bond acceptors (Lipinski definition) is 3. The molecule has 3 N–H and O–H groups in total. The second kappa shape index (κ2) is 6.88. The molecular formula is C19H18N4O. The molecule has 120 valence electrons. The first-order valence-electron chi connectivity index (χ1n) is 7.77. The molecule has 0 aliphatic carbocycles. The van der Waals surface area contributed by atoms with E-state index >= 15 is 0 Å². The van der Waals surface area contributed by atoms with Crippen LogP contribution in [0.5, 0.6) is 0 Å². The molecule has 0 spiro atoms. The predicted molar refractivity (Wildman–Crippen MR) is 96.4 cm³/mol. The van der Waals surface area contributed by atoms with E-state index in [9.17, 15) is 4.79 Å². The zero-order valence-electron chi connectivity index (χ0n) is 13.4. The van der Waals surface area contributed by atoms with Gasteiger partial charge in [-0.25, -0.2) is 0 Å². The topological polar surface area (TPSA) is 69.8 Å². The molecule has 0 atom stereocenters. The molecule has 1 heterocycles. The summed E-state index contributed by atoms with van der Waals surface area (Å²) in [7, 11) is 0. The number of carbonyl (C=O) groups is 1. The summed E-state index contributed by atoms with van der Waals surface area (Å²) in [5.74, 6) is 2.20. The van der Waals surface area contributed by atoms with Crippen molar-refractivity contribution in [3.05, 3.63) is 53.7 Å². The molecule has 1 amide bonds. The monoisotopic (exact) mass is 318 g/mol. The maximum Gasteiger partial charge on any atom is 0.254 e. The van der Waals surface area contributed by atoms with E-state index in [1.165, 1.54) is 0 Å². The van der Waals surface area contributed by atoms with Crippen molar-refractivity contribution in [1.82, 2.24) is 15.5 Å². The summed E-state index contributed by atoms with van der Waals surface area (Å²) in [6.07, 6.45) is 6.10. The Morgan fingerprint density at radius 1 is 1.29 bits per heavy atom. The summed E-state index contributed by atoms with van der Waals surface area (Å²) in [4.78, 5) is 12.2. The van der Waals surface area contributed by atoms with Crippen molar-refractivity contribution in [1.29, 1.82) is 0 Å². The minimum absolute atomic E-state index is 0.201. The highest BCUT2D eigenvalue weighted by molar-refractivity contribution is 6.00. The first-order chi connectivity index (χ1) is 11.7. The molecule has 0 bridgehead atoms. The molecule has 3 aromatic rings. The Balaban J connectivity index is 1.89. The summed E-state index contributed by atoms with van der Waals surface area (Å²) in [6.45, 7) is 2.29. The van der Waals surface area contributed by atoms with Gasteiger partial charge in [0.15, 0.2) is 0 Å². The average molecular weight is 318 g/mol. The summed E-state index contributed by atoms with van der Waals surface area (Å²) in [5.41, 5.74) is 4.15. The zero-order chi connectivity index (χ0) is 16.9. The summed E-state index contributed by atoms with van der Waals surface area (Å²) < 4.78 is 0. The van der Waals surface area contributed by atoms with Gasteiger partial charge in [-0.05, 0) is 36.8 Å². The van der Waals surface area contributed by atoms with Gasteiger partial charge in [0, 0.05) is 16.8 Å². The lowest BCUT2D eigenvalue weighted by molar-refractivity contribution is 0.0959. The highest BCUT2D eigenvalue weighted by atomic mass is 16.1. The van der Waals surface area contributed by atoms with Gasteiger partial charge in [0.05, 0.1) is 23.3 Å². The maximum atomic E-state index is 12.2. The third-order valence-corrected chi connectivity index (χ3v) is 3.79. The highest BCUT2D eigenvalue weighted by Gasteiger charge is 2.11. The predicted octanol–water partition coefficient (Wildman–Crippen LogP) is 3.23. The van der Waals surface area contributed by atoms with E-state index in [1.807, 2.05) is 36.4 Å². The number of aromatic amines is 1. The number of fused-ring (bicyclic) bond motifs is 1. The Labute approximate surface area is 140 Å². The number of amides is 1. The van der Waals surface area contributed by atoms with Crippen LogP contribution in [0.2, 0.25) is 0 Å². The Hall–Kier alpha value is -3.26. The molecule has 1 aromatic heterocycles. The Bertz CT molecular complexity index is 921. The second-order valence-electron chi connectivity index (χ2n) is 5.35. The third kappa shape index (κ3) is 3.08. The number of carbonyl (C=O) groups excluding carboxylic acids is 1. The summed E-state index contributed by atoms with van der Waals surface area (Å²) in [6, 6.07) is 13.3. The first-order valence-corrected chi connectivity index (χ1v) is 7.77. The molecule has 0 aliphatic rings. The van der Waals surface area contributed by atoms with Crippen LogP contribution >= 0.6 is 0 Å². The molecule has 5 nitrogen and oxygen atoms in total. The molecular weight excluding hydrogens is 300 g/mol. The molecule has 3 rings (SSSR count). The van der Waals surface area contributed by atoms with Crippen LogP contribution in [0.15, 0.2) is 42.5 Å². The largest absolute Gasteiger partial charge is 0.355 e. The number of anilines is 2. The minimum atomic E-state index is -0.204. The smallest absolute Gasteiger partial charge is 0.254 e. The van der Waals surface area contributed by atoms with Crippen LogP contribution in [0.3, 0.4) is 0 Å². The molecule has 0 saturated heterocycles. The quantitative estimate of drug-likeness (QED) is 0.633. The van der Waals surface area contributed by atoms with E-state index in [-0.39, 0.29) is 12.5 Å². The highest BCUT2D eigenvalue weighted by Crippen LogP contribution is 2.25. The van der Waals surface area contributed by atoms with Crippen molar-refractivity contribution in [3.63, 3.8) is 0 Å². The van der Waals surface area contributed by atoms with Crippen LogP contribution in [0, 0.1) is 12.3 Å². The van der Waals surface area contributed by atoms with E-state index in [0.29, 0.717) is 5.56 Å². The van der Waals surface area contributed by atoms with Gasteiger partial charge >= 0.3 is 0 Å². The number of hydrogen-bond donors (Lipinski definition) is 3. The lowest BCUT2D eigenvalue weighted by Gasteiger charge is -2.11. The van der Waals surface area contributed by atoms with Gasteiger partial charge in [0.25, 0.3) is 5.91 Å². The first kappa shape index (κ1) is 15.6. The fourth-order valence-electron chi connectivity index (χ4n) is 2.59. The number of benzene rings is 2. The number of nitrogens with zero attached hydrogens (tertiary/aromatic N) is 1. The summed E-state index contributed by atoms with van der Waals surface area (Å²) in [5, 5.41) is 14.4. The van der Waals surface area contributed by atoms with E-state index in [2.05, 4.69) is 33.7 Å². The number of terminal acetylenes is 1.